The summed E-state index contributed by atoms with van der Waals surface area (Å²) >= 11 is 0. The van der Waals surface area contributed by atoms with Gasteiger partial charge in [0.05, 0.1) is 17.6 Å². The quantitative estimate of drug-likeness (QED) is 0.0865. The zero-order valence-corrected chi connectivity index (χ0v) is 25.6. The van der Waals surface area contributed by atoms with E-state index in [2.05, 4.69) is 25.6 Å². The average Bonchev–Trinajstić information content (AvgIpc) is 3.01. The molecule has 3 aromatic carbocycles. The number of anilines is 2. The number of guanidine groups is 1. The SMILES string of the molecule is Cc1ccc2nc(C(=O)Nc3cccc4ccccc34)nc(NC3CCCCC3N=C(N)N)c2c1.O=C(O)C(F)(F)F.O=C(O)C(F)(F)F. The molecule has 12 nitrogen and oxygen atoms in total. The van der Waals surface area contributed by atoms with Crippen LogP contribution in [0.3, 0.4) is 0 Å². The van der Waals surface area contributed by atoms with Gasteiger partial charge < -0.3 is 32.3 Å². The number of nitrogens with zero attached hydrogens (tertiary/aromatic N) is 3. The number of carboxylic acid groups (broad SMARTS) is 2. The van der Waals surface area contributed by atoms with Gasteiger partial charge in [0.25, 0.3) is 5.91 Å². The molecule has 1 aliphatic carbocycles. The van der Waals surface area contributed by atoms with Gasteiger partial charge in [0, 0.05) is 16.5 Å². The number of carboxylic acids is 2. The first-order valence-corrected chi connectivity index (χ1v) is 14.4. The molecule has 262 valence electrons. The van der Waals surface area contributed by atoms with Crippen molar-refractivity contribution < 1.29 is 50.9 Å². The highest BCUT2D eigenvalue weighted by molar-refractivity contribution is 6.08. The fourth-order valence-electron chi connectivity index (χ4n) is 4.77. The number of aryl methyl sites for hydroxylation is 1. The molecule has 0 spiro atoms. The van der Waals surface area contributed by atoms with E-state index in [1.165, 1.54) is 0 Å². The van der Waals surface area contributed by atoms with Gasteiger partial charge in [-0.25, -0.2) is 24.5 Å². The molecule has 1 saturated carbocycles. The van der Waals surface area contributed by atoms with Crippen LogP contribution in [0.25, 0.3) is 21.7 Å². The van der Waals surface area contributed by atoms with Crippen molar-refractivity contribution in [3.8, 4) is 0 Å². The largest absolute Gasteiger partial charge is 0.490 e. The number of aromatic nitrogens is 2. The van der Waals surface area contributed by atoms with Crippen molar-refractivity contribution in [2.75, 3.05) is 10.6 Å². The van der Waals surface area contributed by atoms with Crippen molar-refractivity contribution in [2.45, 2.75) is 57.0 Å². The second-order valence-corrected chi connectivity index (χ2v) is 10.7. The molecule has 18 heteroatoms. The number of nitrogens with two attached hydrogens (primary N) is 2. The second kappa shape index (κ2) is 15.9. The van der Waals surface area contributed by atoms with Crippen LogP contribution in [-0.4, -0.2) is 68.4 Å². The lowest BCUT2D eigenvalue weighted by Gasteiger charge is -2.30. The molecule has 2 atom stereocenters. The lowest BCUT2D eigenvalue weighted by molar-refractivity contribution is -0.193. The number of rotatable bonds is 5. The molecule has 0 aliphatic heterocycles. The molecule has 4 aromatic rings. The van der Waals surface area contributed by atoms with E-state index >= 15 is 0 Å². The fraction of sp³-hybridized carbons (Fsp3) is 0.290. The third-order valence-electron chi connectivity index (χ3n) is 6.94. The molecule has 0 bridgehead atoms. The first kappa shape index (κ1) is 37.8. The third-order valence-corrected chi connectivity index (χ3v) is 6.94. The smallest absolute Gasteiger partial charge is 0.475 e. The van der Waals surface area contributed by atoms with Crippen molar-refractivity contribution in [1.29, 1.82) is 0 Å². The number of fused-ring (bicyclic) bond motifs is 2. The summed E-state index contributed by atoms with van der Waals surface area (Å²) in [6, 6.07) is 19.6. The van der Waals surface area contributed by atoms with E-state index in [-0.39, 0.29) is 29.8 Å². The average molecular weight is 696 g/mol. The summed E-state index contributed by atoms with van der Waals surface area (Å²) in [5, 5.41) is 23.7. The molecule has 5 rings (SSSR count). The molecule has 49 heavy (non-hydrogen) atoms. The van der Waals surface area contributed by atoms with Crippen molar-refractivity contribution in [3.05, 3.63) is 72.1 Å². The zero-order chi connectivity index (χ0) is 36.5. The van der Waals surface area contributed by atoms with Crippen LogP contribution in [-0.2, 0) is 9.59 Å². The van der Waals surface area contributed by atoms with E-state index in [1.807, 2.05) is 67.6 Å². The summed E-state index contributed by atoms with van der Waals surface area (Å²) in [5.41, 5.74) is 13.9. The van der Waals surface area contributed by atoms with Crippen LogP contribution >= 0.6 is 0 Å². The molecule has 8 N–H and O–H groups in total. The summed E-state index contributed by atoms with van der Waals surface area (Å²) in [5.74, 6) is -5.08. The number of hydrogen-bond acceptors (Lipinski definition) is 7. The molecular formula is C31H31F6N7O5. The summed E-state index contributed by atoms with van der Waals surface area (Å²) in [7, 11) is 0. The number of carbonyl (C=O) groups is 3. The maximum atomic E-state index is 13.3. The first-order valence-electron chi connectivity index (χ1n) is 14.4. The minimum absolute atomic E-state index is 0.0124. The third kappa shape index (κ3) is 10.9. The number of amides is 1. The van der Waals surface area contributed by atoms with Crippen LogP contribution in [0.2, 0.25) is 0 Å². The number of aliphatic imine (C=N–C) groups is 1. The summed E-state index contributed by atoms with van der Waals surface area (Å²) in [4.78, 5) is 44.8. The normalized spacial score (nSPS) is 15.9. The molecule has 0 saturated heterocycles. The Morgan fingerprint density at radius 2 is 1.43 bits per heavy atom. The second-order valence-electron chi connectivity index (χ2n) is 10.7. The van der Waals surface area contributed by atoms with E-state index in [0.717, 1.165) is 53.1 Å². The summed E-state index contributed by atoms with van der Waals surface area (Å²) in [6.45, 7) is 2.02. The Hall–Kier alpha value is -5.68. The molecule has 1 aliphatic rings. The maximum Gasteiger partial charge on any atom is 0.490 e. The van der Waals surface area contributed by atoms with Crippen molar-refractivity contribution in [2.24, 2.45) is 16.5 Å². The molecule has 1 fully saturated rings. The van der Waals surface area contributed by atoms with E-state index in [0.29, 0.717) is 11.3 Å². The molecule has 1 aromatic heterocycles. The highest BCUT2D eigenvalue weighted by Crippen LogP contribution is 2.29. The monoisotopic (exact) mass is 695 g/mol. The van der Waals surface area contributed by atoms with Gasteiger partial charge in [-0.1, -0.05) is 60.9 Å². The number of alkyl halides is 6. The molecule has 1 heterocycles. The Morgan fingerprint density at radius 1 is 0.837 bits per heavy atom. The number of halogens is 6. The van der Waals surface area contributed by atoms with Gasteiger partial charge in [-0.05, 0) is 43.4 Å². The number of carbonyl (C=O) groups excluding carboxylic acids is 1. The van der Waals surface area contributed by atoms with Crippen molar-refractivity contribution >= 4 is 57.0 Å². The highest BCUT2D eigenvalue weighted by Gasteiger charge is 2.39. The fourth-order valence-corrected chi connectivity index (χ4v) is 4.77. The molecular weight excluding hydrogens is 664 g/mol. The maximum absolute atomic E-state index is 13.3. The van der Waals surface area contributed by atoms with Crippen molar-refractivity contribution in [3.63, 3.8) is 0 Å². The molecule has 0 radical (unpaired) electrons. The summed E-state index contributed by atoms with van der Waals surface area (Å²) < 4.78 is 63.5. The minimum atomic E-state index is -5.08. The van der Waals surface area contributed by atoms with E-state index < -0.39 is 24.3 Å². The van der Waals surface area contributed by atoms with Crippen LogP contribution in [0.5, 0.6) is 0 Å². The summed E-state index contributed by atoms with van der Waals surface area (Å²) in [6.07, 6.45) is -6.21. The Labute approximate surface area is 274 Å². The van der Waals surface area contributed by atoms with Crippen LogP contribution in [0.4, 0.5) is 37.8 Å². The Balaban J connectivity index is 0.000000392. The highest BCUT2D eigenvalue weighted by atomic mass is 19.4. The lowest BCUT2D eigenvalue weighted by Crippen LogP contribution is -2.38. The van der Waals surface area contributed by atoms with Gasteiger partial charge in [-0.2, -0.15) is 26.3 Å². The predicted octanol–water partition coefficient (Wildman–Crippen LogP) is 5.61. The number of aliphatic carboxylic acids is 2. The van der Waals surface area contributed by atoms with Gasteiger partial charge in [0.2, 0.25) is 5.82 Å². The topological polar surface area (TPSA) is 206 Å². The van der Waals surface area contributed by atoms with Crippen LogP contribution in [0.15, 0.2) is 65.7 Å². The van der Waals surface area contributed by atoms with Crippen LogP contribution < -0.4 is 22.1 Å². The zero-order valence-electron chi connectivity index (χ0n) is 25.6. The van der Waals surface area contributed by atoms with Gasteiger partial charge in [-0.15, -0.1) is 0 Å². The van der Waals surface area contributed by atoms with Crippen LogP contribution in [0.1, 0.15) is 41.9 Å². The van der Waals surface area contributed by atoms with Crippen LogP contribution in [0, 0.1) is 6.92 Å². The Morgan fingerprint density at radius 3 is 2.04 bits per heavy atom. The Bertz CT molecular complexity index is 1820. The predicted molar refractivity (Wildman–Crippen MR) is 169 cm³/mol. The van der Waals surface area contributed by atoms with Gasteiger partial charge >= 0.3 is 24.3 Å². The molecule has 2 unspecified atom stereocenters. The van der Waals surface area contributed by atoms with Gasteiger partial charge in [-0.3, -0.25) is 4.79 Å². The van der Waals surface area contributed by atoms with E-state index in [1.54, 1.807) is 0 Å². The standard InChI is InChI=1S/C27H29N7O.2C2HF3O2/c1-16-13-14-21-19(15-16)24(31-22-10-4-5-11-23(22)33-27(28)29)34-25(30-21)26(35)32-20-12-6-8-17-7-2-3-9-18(17)20;2*3-2(4,5)1(6)7/h2-3,6-9,12-15,22-23H,4-5,10-11H2,1H3,(H,32,35)(H4,28,29,33)(H,30,31,34);2*(H,6,7). The number of hydrogen-bond donors (Lipinski definition) is 6. The number of nitrogens with one attached hydrogen (secondary N) is 2. The van der Waals surface area contributed by atoms with Gasteiger partial charge in [0.15, 0.2) is 5.96 Å². The van der Waals surface area contributed by atoms with Gasteiger partial charge in [0.1, 0.15) is 5.82 Å². The Kier molecular flexibility index (Phi) is 12.3. The lowest BCUT2D eigenvalue weighted by atomic mass is 9.90. The number of benzene rings is 3. The minimum Gasteiger partial charge on any atom is -0.475 e. The van der Waals surface area contributed by atoms with Crippen molar-refractivity contribution in [1.82, 2.24) is 9.97 Å². The van der Waals surface area contributed by atoms with E-state index in [9.17, 15) is 31.1 Å². The first-order chi connectivity index (χ1) is 22.9. The van der Waals surface area contributed by atoms with E-state index in [4.69, 9.17) is 31.3 Å². The molecule has 1 amide bonds.